The van der Waals surface area contributed by atoms with Gasteiger partial charge in [0, 0.05) is 18.1 Å². The minimum absolute atomic E-state index is 0.110. The number of carboxylic acid groups (broad SMARTS) is 1. The monoisotopic (exact) mass is 381 g/mol. The van der Waals surface area contributed by atoms with Crippen molar-refractivity contribution in [3.63, 3.8) is 0 Å². The molecule has 5 nitrogen and oxygen atoms in total. The van der Waals surface area contributed by atoms with Gasteiger partial charge in [-0.25, -0.2) is 4.98 Å². The first kappa shape index (κ1) is 18.8. The molecule has 1 aliphatic carbocycles. The molecule has 1 N–H and O–H groups in total. The number of nitrogens with zero attached hydrogens (tertiary/aromatic N) is 1. The van der Waals surface area contributed by atoms with Crippen molar-refractivity contribution in [2.45, 2.75) is 70.0 Å². The van der Waals surface area contributed by atoms with E-state index in [2.05, 4.69) is 6.07 Å². The van der Waals surface area contributed by atoms with Gasteiger partial charge in [0.15, 0.2) is 0 Å². The van der Waals surface area contributed by atoms with Crippen LogP contribution >= 0.6 is 0 Å². The van der Waals surface area contributed by atoms with Crippen molar-refractivity contribution in [3.05, 3.63) is 42.0 Å². The van der Waals surface area contributed by atoms with Crippen molar-refractivity contribution in [2.24, 2.45) is 0 Å². The third-order valence-electron chi connectivity index (χ3n) is 5.62. The summed E-state index contributed by atoms with van der Waals surface area (Å²) in [6, 6.07) is 12.2. The van der Waals surface area contributed by atoms with E-state index < -0.39 is 5.97 Å². The highest BCUT2D eigenvalue weighted by Crippen LogP contribution is 2.33. The molecule has 0 saturated heterocycles. The molecular weight excluding hydrogens is 354 g/mol. The summed E-state index contributed by atoms with van der Waals surface area (Å²) in [5.74, 6) is 0.873. The first-order valence-electron chi connectivity index (χ1n) is 10.3. The molecule has 5 heteroatoms. The van der Waals surface area contributed by atoms with Gasteiger partial charge in [-0.05, 0) is 81.2 Å². The molecule has 1 atom stereocenters. The first-order valence-corrected chi connectivity index (χ1v) is 10.3. The van der Waals surface area contributed by atoms with Gasteiger partial charge in [0.05, 0.1) is 11.8 Å². The van der Waals surface area contributed by atoms with Crippen LogP contribution in [0, 0.1) is 0 Å². The zero-order valence-corrected chi connectivity index (χ0v) is 16.1. The van der Waals surface area contributed by atoms with Gasteiger partial charge in [-0.2, -0.15) is 0 Å². The maximum absolute atomic E-state index is 10.7. The molecule has 2 aliphatic rings. The summed E-state index contributed by atoms with van der Waals surface area (Å²) in [4.78, 5) is 15.4. The number of benzene rings is 1. The van der Waals surface area contributed by atoms with E-state index in [9.17, 15) is 4.79 Å². The third kappa shape index (κ3) is 4.64. The lowest BCUT2D eigenvalue weighted by atomic mass is 9.96. The second-order valence-electron chi connectivity index (χ2n) is 7.77. The normalized spacial score (nSPS) is 19.1. The van der Waals surface area contributed by atoms with Crippen molar-refractivity contribution < 1.29 is 19.4 Å². The number of carboxylic acids is 1. The largest absolute Gasteiger partial charge is 0.490 e. The standard InChI is InChI=1S/C23H27NO4/c25-23(26)10-3-7-19-13-11-17-15-16(12-14-21(17)27-19)20-8-4-9-22(24-20)28-18-5-1-2-6-18/h4,8-9,12,14-15,18-19H,1-3,5-7,10-11,13H2,(H,25,26). The van der Waals surface area contributed by atoms with Crippen LogP contribution in [-0.2, 0) is 11.2 Å². The van der Waals surface area contributed by atoms with E-state index >= 15 is 0 Å². The summed E-state index contributed by atoms with van der Waals surface area (Å²) in [5.41, 5.74) is 3.18. The van der Waals surface area contributed by atoms with Gasteiger partial charge < -0.3 is 14.6 Å². The van der Waals surface area contributed by atoms with Gasteiger partial charge in [-0.1, -0.05) is 6.07 Å². The number of carbonyl (C=O) groups is 1. The van der Waals surface area contributed by atoms with Crippen LogP contribution in [0.3, 0.4) is 0 Å². The van der Waals surface area contributed by atoms with E-state index in [0.717, 1.165) is 49.1 Å². The summed E-state index contributed by atoms with van der Waals surface area (Å²) >= 11 is 0. The van der Waals surface area contributed by atoms with Gasteiger partial charge in [-0.3, -0.25) is 4.79 Å². The molecule has 148 valence electrons. The van der Waals surface area contributed by atoms with Gasteiger partial charge >= 0.3 is 5.97 Å². The zero-order chi connectivity index (χ0) is 19.3. The lowest BCUT2D eigenvalue weighted by molar-refractivity contribution is -0.137. The van der Waals surface area contributed by atoms with Crippen molar-refractivity contribution in [1.82, 2.24) is 4.98 Å². The van der Waals surface area contributed by atoms with E-state index in [1.807, 2.05) is 30.3 Å². The van der Waals surface area contributed by atoms with Crippen LogP contribution in [0.1, 0.15) is 56.9 Å². The van der Waals surface area contributed by atoms with Crippen LogP contribution in [-0.4, -0.2) is 28.3 Å². The van der Waals surface area contributed by atoms with Gasteiger partial charge in [0.25, 0.3) is 0 Å². The molecule has 2 aromatic rings. The van der Waals surface area contributed by atoms with Crippen molar-refractivity contribution >= 4 is 5.97 Å². The fourth-order valence-corrected chi connectivity index (χ4v) is 4.11. The Bertz CT molecular complexity index is 829. The topological polar surface area (TPSA) is 68.7 Å². The number of ether oxygens (including phenoxy) is 2. The number of fused-ring (bicyclic) bond motifs is 1. The van der Waals surface area contributed by atoms with Crippen molar-refractivity contribution in [2.75, 3.05) is 0 Å². The number of pyridine rings is 1. The Labute approximate surface area is 165 Å². The van der Waals surface area contributed by atoms with Crippen LogP contribution in [0.5, 0.6) is 11.6 Å². The van der Waals surface area contributed by atoms with Gasteiger partial charge in [0.2, 0.25) is 5.88 Å². The average Bonchev–Trinajstić information content (AvgIpc) is 3.20. The molecule has 1 saturated carbocycles. The fraction of sp³-hybridized carbons (Fsp3) is 0.478. The molecule has 2 heterocycles. The second kappa shape index (κ2) is 8.63. The lowest BCUT2D eigenvalue weighted by Gasteiger charge is -2.26. The SMILES string of the molecule is O=C(O)CCCC1CCc2cc(-c3cccc(OC4CCCC4)n3)ccc2O1. The Hall–Kier alpha value is -2.56. The molecule has 0 spiro atoms. The Kier molecular flexibility index (Phi) is 5.79. The molecule has 0 amide bonds. The van der Waals surface area contributed by atoms with E-state index in [-0.39, 0.29) is 12.5 Å². The summed E-state index contributed by atoms with van der Waals surface area (Å²) in [6.07, 6.45) is 8.66. The van der Waals surface area contributed by atoms with Crippen molar-refractivity contribution in [3.8, 4) is 22.9 Å². The average molecular weight is 381 g/mol. The Morgan fingerprint density at radius 1 is 1.18 bits per heavy atom. The number of hydrogen-bond donors (Lipinski definition) is 1. The van der Waals surface area contributed by atoms with Gasteiger partial charge in [0.1, 0.15) is 11.9 Å². The molecule has 1 aliphatic heterocycles. The van der Waals surface area contributed by atoms with Gasteiger partial charge in [-0.15, -0.1) is 0 Å². The van der Waals surface area contributed by atoms with Crippen LogP contribution in [0.2, 0.25) is 0 Å². The summed E-state index contributed by atoms with van der Waals surface area (Å²) < 4.78 is 12.1. The minimum atomic E-state index is -0.743. The molecule has 1 aromatic heterocycles. The summed E-state index contributed by atoms with van der Waals surface area (Å²) in [6.45, 7) is 0. The number of aryl methyl sites for hydroxylation is 1. The van der Waals surface area contributed by atoms with E-state index in [0.29, 0.717) is 18.4 Å². The molecule has 28 heavy (non-hydrogen) atoms. The fourth-order valence-electron chi connectivity index (χ4n) is 4.11. The number of rotatable bonds is 7. The predicted octanol–water partition coefficient (Wildman–Crippen LogP) is 5.02. The smallest absolute Gasteiger partial charge is 0.303 e. The molecule has 0 radical (unpaired) electrons. The highest BCUT2D eigenvalue weighted by atomic mass is 16.5. The Morgan fingerprint density at radius 2 is 2.04 bits per heavy atom. The predicted molar refractivity (Wildman–Crippen MR) is 107 cm³/mol. The zero-order valence-electron chi connectivity index (χ0n) is 16.1. The van der Waals surface area contributed by atoms with Crippen LogP contribution in [0.15, 0.2) is 36.4 Å². The van der Waals surface area contributed by atoms with Crippen LogP contribution in [0.25, 0.3) is 11.3 Å². The molecular formula is C23H27NO4. The number of aromatic nitrogens is 1. The molecule has 1 unspecified atom stereocenters. The highest BCUT2D eigenvalue weighted by molar-refractivity contribution is 5.66. The Morgan fingerprint density at radius 3 is 2.86 bits per heavy atom. The van der Waals surface area contributed by atoms with Crippen LogP contribution < -0.4 is 9.47 Å². The molecule has 0 bridgehead atoms. The van der Waals surface area contributed by atoms with Crippen molar-refractivity contribution in [1.29, 1.82) is 0 Å². The summed E-state index contributed by atoms with van der Waals surface area (Å²) in [5, 5.41) is 8.78. The quantitative estimate of drug-likeness (QED) is 0.729. The third-order valence-corrected chi connectivity index (χ3v) is 5.62. The summed E-state index contributed by atoms with van der Waals surface area (Å²) in [7, 11) is 0. The van der Waals surface area contributed by atoms with E-state index in [4.69, 9.17) is 19.6 Å². The van der Waals surface area contributed by atoms with E-state index in [1.54, 1.807) is 0 Å². The van der Waals surface area contributed by atoms with Crippen LogP contribution in [0.4, 0.5) is 0 Å². The first-order chi connectivity index (χ1) is 13.7. The lowest BCUT2D eigenvalue weighted by Crippen LogP contribution is -2.22. The van der Waals surface area contributed by atoms with E-state index in [1.165, 1.54) is 18.4 Å². The highest BCUT2D eigenvalue weighted by Gasteiger charge is 2.21. The Balaban J connectivity index is 1.42. The number of aliphatic carboxylic acids is 1. The maximum Gasteiger partial charge on any atom is 0.303 e. The maximum atomic E-state index is 10.7. The number of hydrogen-bond acceptors (Lipinski definition) is 4. The second-order valence-corrected chi connectivity index (χ2v) is 7.77. The minimum Gasteiger partial charge on any atom is -0.490 e. The molecule has 4 rings (SSSR count). The molecule has 1 fully saturated rings. The molecule has 1 aromatic carbocycles.